The van der Waals surface area contributed by atoms with Crippen LogP contribution >= 0.6 is 0 Å². The number of phenolic OH excluding ortho intramolecular Hbond substituents is 1. The molecule has 11 nitrogen and oxygen atoms in total. The summed E-state index contributed by atoms with van der Waals surface area (Å²) < 4.78 is 35.4. The van der Waals surface area contributed by atoms with Crippen molar-refractivity contribution in [2.24, 2.45) is 0 Å². The molecule has 11 heteroatoms. The Balaban J connectivity index is 1.39. The fourth-order valence-corrected chi connectivity index (χ4v) is 5.33. The summed E-state index contributed by atoms with van der Waals surface area (Å²) in [5.74, 6) is -1.12. The van der Waals surface area contributed by atoms with Crippen LogP contribution in [0.2, 0.25) is 0 Å². The largest absolute Gasteiger partial charge is 0.507 e. The monoisotopic (exact) mass is 729 g/mol. The molecule has 0 aliphatic carbocycles. The van der Waals surface area contributed by atoms with Gasteiger partial charge in [-0.05, 0) is 55.7 Å². The molecule has 1 amide bonds. The van der Waals surface area contributed by atoms with Crippen molar-refractivity contribution >= 4 is 23.0 Å². The van der Waals surface area contributed by atoms with Crippen LogP contribution in [0.25, 0.3) is 22.3 Å². The second kappa shape index (κ2) is 16.7. The van der Waals surface area contributed by atoms with Crippen molar-refractivity contribution < 1.29 is 42.8 Å². The summed E-state index contributed by atoms with van der Waals surface area (Å²) in [5, 5.41) is 13.1. The van der Waals surface area contributed by atoms with Gasteiger partial charge < -0.3 is 38.5 Å². The summed E-state index contributed by atoms with van der Waals surface area (Å²) in [4.78, 5) is 39.5. The van der Waals surface area contributed by atoms with E-state index >= 15 is 0 Å². The van der Waals surface area contributed by atoms with Crippen LogP contribution in [0.5, 0.6) is 28.7 Å². The average Bonchev–Trinajstić information content (AvgIpc) is 3.16. The average molecular weight is 730 g/mol. The smallest absolute Gasteiger partial charge is 0.408 e. The first-order valence-electron chi connectivity index (χ1n) is 17.2. The normalized spacial score (nSPS) is 11.1. The molecule has 0 aliphatic heterocycles. The molecular weight excluding hydrogens is 690 g/mol. The molecule has 0 saturated carbocycles. The first-order valence-corrected chi connectivity index (χ1v) is 17.2. The molecule has 0 fully saturated rings. The van der Waals surface area contributed by atoms with Crippen LogP contribution in [0.15, 0.2) is 131 Å². The molecule has 0 aliphatic rings. The van der Waals surface area contributed by atoms with Gasteiger partial charge >= 0.3 is 12.1 Å². The van der Waals surface area contributed by atoms with Crippen LogP contribution in [0.3, 0.4) is 0 Å². The topological polar surface area (TPSA) is 143 Å². The second-order valence-electron chi connectivity index (χ2n) is 13.2. The Hall–Kier alpha value is -6.75. The Bertz CT molecular complexity index is 2280. The van der Waals surface area contributed by atoms with Gasteiger partial charge in [0.1, 0.15) is 54.4 Å². The van der Waals surface area contributed by atoms with Gasteiger partial charge in [-0.3, -0.25) is 4.79 Å². The Morgan fingerprint density at radius 1 is 0.704 bits per heavy atom. The predicted molar refractivity (Wildman–Crippen MR) is 202 cm³/mol. The molecule has 6 aromatic rings. The molecule has 0 unspecified atom stereocenters. The van der Waals surface area contributed by atoms with E-state index in [0.717, 1.165) is 16.7 Å². The third-order valence-corrected chi connectivity index (χ3v) is 7.83. The number of alkyl carbamates (subject to hydrolysis) is 1. The van der Waals surface area contributed by atoms with Gasteiger partial charge in [-0.1, -0.05) is 91.0 Å². The molecular formula is C43H39NO10. The molecule has 1 aromatic heterocycles. The van der Waals surface area contributed by atoms with Crippen molar-refractivity contribution in [3.8, 4) is 40.1 Å². The number of rotatable bonds is 13. The van der Waals surface area contributed by atoms with Crippen LogP contribution < -0.4 is 29.7 Å². The van der Waals surface area contributed by atoms with Crippen molar-refractivity contribution in [1.82, 2.24) is 5.32 Å². The molecule has 0 bridgehead atoms. The van der Waals surface area contributed by atoms with Crippen LogP contribution in [0.1, 0.15) is 37.5 Å². The zero-order valence-corrected chi connectivity index (χ0v) is 30.0. The highest BCUT2D eigenvalue weighted by Gasteiger charge is 2.25. The molecule has 0 radical (unpaired) electrons. The maximum Gasteiger partial charge on any atom is 0.408 e. The minimum atomic E-state index is -0.987. The lowest BCUT2D eigenvalue weighted by atomic mass is 10.1. The number of carbonyl (C=O) groups is 2. The van der Waals surface area contributed by atoms with E-state index < -0.39 is 41.1 Å². The Labute approximate surface area is 311 Å². The highest BCUT2D eigenvalue weighted by atomic mass is 16.6. The van der Waals surface area contributed by atoms with Crippen molar-refractivity contribution in [3.05, 3.63) is 148 Å². The van der Waals surface area contributed by atoms with Gasteiger partial charge in [-0.25, -0.2) is 9.59 Å². The number of carbonyl (C=O) groups excluding carboxylic acids is 2. The van der Waals surface area contributed by atoms with E-state index in [0.29, 0.717) is 17.1 Å². The van der Waals surface area contributed by atoms with Crippen molar-refractivity contribution in [2.45, 2.75) is 46.2 Å². The first kappa shape index (κ1) is 37.0. The van der Waals surface area contributed by atoms with Crippen LogP contribution in [0.4, 0.5) is 4.79 Å². The molecule has 0 saturated heterocycles. The fraction of sp³-hybridized carbons (Fsp3) is 0.186. The van der Waals surface area contributed by atoms with Gasteiger partial charge in [0.25, 0.3) is 0 Å². The number of hydrogen-bond acceptors (Lipinski definition) is 10. The zero-order valence-electron chi connectivity index (χ0n) is 30.0. The van der Waals surface area contributed by atoms with Gasteiger partial charge in [0.2, 0.25) is 11.2 Å². The number of esters is 1. The highest BCUT2D eigenvalue weighted by Crippen LogP contribution is 2.40. The van der Waals surface area contributed by atoms with E-state index in [9.17, 15) is 19.5 Å². The third kappa shape index (κ3) is 9.77. The number of phenols is 1. The van der Waals surface area contributed by atoms with Gasteiger partial charge in [0.15, 0.2) is 17.3 Å². The summed E-state index contributed by atoms with van der Waals surface area (Å²) >= 11 is 0. The van der Waals surface area contributed by atoms with Crippen LogP contribution in [0, 0.1) is 0 Å². The zero-order chi connectivity index (χ0) is 38.1. The third-order valence-electron chi connectivity index (χ3n) is 7.83. The summed E-state index contributed by atoms with van der Waals surface area (Å²) in [6, 6.07) is 36.3. The second-order valence-corrected chi connectivity index (χ2v) is 13.2. The fourth-order valence-electron chi connectivity index (χ4n) is 5.33. The predicted octanol–water partition coefficient (Wildman–Crippen LogP) is 8.33. The number of fused-ring (bicyclic) bond motifs is 1. The maximum absolute atomic E-state index is 14.1. The minimum absolute atomic E-state index is 0.0269. The van der Waals surface area contributed by atoms with E-state index in [1.165, 1.54) is 12.1 Å². The van der Waals surface area contributed by atoms with E-state index in [2.05, 4.69) is 5.32 Å². The lowest BCUT2D eigenvalue weighted by molar-refractivity contribution is -0.133. The minimum Gasteiger partial charge on any atom is -0.507 e. The number of aromatic hydroxyl groups is 1. The van der Waals surface area contributed by atoms with E-state index in [1.54, 1.807) is 39.0 Å². The van der Waals surface area contributed by atoms with E-state index in [4.69, 9.17) is 28.1 Å². The molecule has 2 N–H and O–H groups in total. The number of nitrogens with one attached hydrogen (secondary N) is 1. The van der Waals surface area contributed by atoms with E-state index in [1.807, 2.05) is 91.0 Å². The molecule has 1 heterocycles. The Morgan fingerprint density at radius 2 is 1.26 bits per heavy atom. The summed E-state index contributed by atoms with van der Waals surface area (Å²) in [6.07, 6.45) is -0.850. The standard InChI is InChI=1S/C43H39NO10/c1-43(2,3)54-42(48)44-24-37(46)53-41-39(47)38-33(45)22-32(49-25-28-13-7-4-8-14-28)23-36(38)52-40(41)31-19-20-34(50-26-29-15-9-5-10-16-29)35(21-31)51-27-30-17-11-6-12-18-30/h4-23,45H,24-27H2,1-3H3,(H,44,48). The van der Waals surface area contributed by atoms with Crippen LogP contribution in [-0.2, 0) is 29.4 Å². The lowest BCUT2D eigenvalue weighted by Gasteiger charge is -2.19. The lowest BCUT2D eigenvalue weighted by Crippen LogP contribution is -2.37. The SMILES string of the molecule is CC(C)(C)OC(=O)NCC(=O)Oc1c(-c2ccc(OCc3ccccc3)c(OCc3ccccc3)c2)oc2cc(OCc3ccccc3)cc(O)c2c1=O. The number of benzene rings is 5. The number of ether oxygens (including phenoxy) is 5. The summed E-state index contributed by atoms with van der Waals surface area (Å²) in [6.45, 7) is 5.05. The molecule has 276 valence electrons. The van der Waals surface area contributed by atoms with Crippen LogP contribution in [-0.4, -0.2) is 29.3 Å². The summed E-state index contributed by atoms with van der Waals surface area (Å²) in [7, 11) is 0. The molecule has 54 heavy (non-hydrogen) atoms. The Kier molecular flexibility index (Phi) is 11.5. The van der Waals surface area contributed by atoms with Gasteiger partial charge in [-0.15, -0.1) is 0 Å². The Morgan fingerprint density at radius 3 is 1.83 bits per heavy atom. The van der Waals surface area contributed by atoms with Gasteiger partial charge in [0, 0.05) is 17.7 Å². The van der Waals surface area contributed by atoms with Crippen molar-refractivity contribution in [2.75, 3.05) is 6.54 Å². The van der Waals surface area contributed by atoms with Gasteiger partial charge in [0.05, 0.1) is 0 Å². The van der Waals surface area contributed by atoms with Crippen molar-refractivity contribution in [1.29, 1.82) is 0 Å². The summed E-state index contributed by atoms with van der Waals surface area (Å²) in [5.41, 5.74) is 1.36. The first-order chi connectivity index (χ1) is 26.0. The molecule has 0 spiro atoms. The number of hydrogen-bond donors (Lipinski definition) is 2. The maximum atomic E-state index is 14.1. The molecule has 6 rings (SSSR count). The molecule has 0 atom stereocenters. The van der Waals surface area contributed by atoms with Crippen molar-refractivity contribution in [3.63, 3.8) is 0 Å². The number of amides is 1. The highest BCUT2D eigenvalue weighted by molar-refractivity contribution is 5.90. The quantitative estimate of drug-likeness (QED) is 0.111. The van der Waals surface area contributed by atoms with Gasteiger partial charge in [-0.2, -0.15) is 0 Å². The van der Waals surface area contributed by atoms with E-state index in [-0.39, 0.29) is 42.3 Å². The molecule has 5 aromatic carbocycles.